The van der Waals surface area contributed by atoms with Crippen LogP contribution in [0, 0.1) is 0 Å². The second kappa shape index (κ2) is 5.12. The Morgan fingerprint density at radius 3 is 2.00 bits per heavy atom. The van der Waals surface area contributed by atoms with E-state index in [9.17, 15) is 0 Å². The summed E-state index contributed by atoms with van der Waals surface area (Å²) >= 11 is 0. The van der Waals surface area contributed by atoms with Crippen LogP contribution in [0.1, 0.15) is 6.92 Å². The van der Waals surface area contributed by atoms with Gasteiger partial charge in [-0.2, -0.15) is 0 Å². The van der Waals surface area contributed by atoms with E-state index in [4.69, 9.17) is 11.5 Å². The average molecular weight is 149 g/mol. The maximum absolute atomic E-state index is 5.37. The highest BCUT2D eigenvalue weighted by molar-refractivity contribution is 7.17. The Labute approximate surface area is 59.0 Å². The number of nitrogens with two attached hydrogens (primary N) is 2. The van der Waals surface area contributed by atoms with Crippen LogP contribution in [0.4, 0.5) is 0 Å². The zero-order valence-electron chi connectivity index (χ0n) is 5.88. The first-order chi connectivity index (χ1) is 4.20. The molecule has 4 heteroatoms. The maximum atomic E-state index is 5.37. The largest absolute Gasteiger partial charge is 0.318 e. The minimum atomic E-state index is 0.551. The smallest absolute Gasteiger partial charge is 0.0467 e. The predicted octanol–water partition coefficient (Wildman–Crippen LogP) is -0.616. The molecule has 0 amide bonds. The van der Waals surface area contributed by atoms with Crippen LogP contribution in [-0.4, -0.2) is 30.4 Å². The van der Waals surface area contributed by atoms with Crippen LogP contribution < -0.4 is 11.5 Å². The Hall–Kier alpha value is 0.310. The molecule has 2 unspecified atom stereocenters. The Kier molecular flexibility index (Phi) is 5.30. The molecule has 0 radical (unpaired) electrons. The lowest BCUT2D eigenvalue weighted by Crippen LogP contribution is -2.38. The van der Waals surface area contributed by atoms with Crippen molar-refractivity contribution in [3.63, 3.8) is 0 Å². The monoisotopic (exact) mass is 149 g/mol. The lowest BCUT2D eigenvalue weighted by molar-refractivity contribution is 0.294. The number of hydrogen-bond donors (Lipinski definition) is 2. The van der Waals surface area contributed by atoms with Crippen LogP contribution in [0.2, 0.25) is 0 Å². The van der Waals surface area contributed by atoms with Crippen molar-refractivity contribution < 1.29 is 0 Å². The molecule has 0 aliphatic heterocycles. The molecule has 3 nitrogen and oxygen atoms in total. The molecule has 0 aliphatic rings. The summed E-state index contributed by atoms with van der Waals surface area (Å²) in [7, 11) is 2.71. The summed E-state index contributed by atoms with van der Waals surface area (Å²) in [4.78, 5) is 1.98. The van der Waals surface area contributed by atoms with Gasteiger partial charge in [0.15, 0.2) is 0 Å². The van der Waals surface area contributed by atoms with Gasteiger partial charge >= 0.3 is 0 Å². The summed E-state index contributed by atoms with van der Waals surface area (Å²) in [5.41, 5.74) is 11.3. The average Bonchev–Trinajstić information content (AvgIpc) is 1.82. The molecule has 0 bridgehead atoms. The lowest BCUT2D eigenvalue weighted by atomic mass is 10.4. The third-order valence-corrected chi connectivity index (χ3v) is 1.27. The van der Waals surface area contributed by atoms with E-state index in [-0.39, 0.29) is 0 Å². The van der Waals surface area contributed by atoms with Crippen LogP contribution in [-0.2, 0) is 0 Å². The first-order valence-corrected chi connectivity index (χ1v) is 3.75. The summed E-state index contributed by atoms with van der Waals surface area (Å²) in [5, 5.41) is 0. The first-order valence-electron chi connectivity index (χ1n) is 3.08. The SMILES string of the molecule is CC(P)CN(CN)CN. The van der Waals surface area contributed by atoms with Crippen molar-refractivity contribution in [3.05, 3.63) is 0 Å². The third-order valence-electron chi connectivity index (χ3n) is 1.06. The van der Waals surface area contributed by atoms with E-state index in [1.807, 2.05) is 4.90 Å². The first kappa shape index (κ1) is 9.31. The standard InChI is InChI=1S/C5H16N3P/c1-5(9)2-8(3-6)4-7/h5H,2-4,6-7,9H2,1H3. The Bertz CT molecular complexity index is 63.2. The lowest BCUT2D eigenvalue weighted by Gasteiger charge is -2.19. The van der Waals surface area contributed by atoms with Gasteiger partial charge in [-0.3, -0.25) is 4.90 Å². The molecule has 0 saturated carbocycles. The Balaban J connectivity index is 3.31. The molecule has 0 aromatic rings. The predicted molar refractivity (Wildman–Crippen MR) is 44.0 cm³/mol. The van der Waals surface area contributed by atoms with E-state index < -0.39 is 0 Å². The van der Waals surface area contributed by atoms with Crippen LogP contribution in [0.25, 0.3) is 0 Å². The molecule has 0 aromatic carbocycles. The second-order valence-electron chi connectivity index (χ2n) is 2.20. The van der Waals surface area contributed by atoms with Crippen molar-refractivity contribution in [2.24, 2.45) is 11.5 Å². The highest BCUT2D eigenvalue weighted by atomic mass is 31.0. The zero-order chi connectivity index (χ0) is 7.28. The van der Waals surface area contributed by atoms with Gasteiger partial charge in [0, 0.05) is 19.9 Å². The van der Waals surface area contributed by atoms with E-state index in [2.05, 4.69) is 16.2 Å². The van der Waals surface area contributed by atoms with Crippen molar-refractivity contribution in [2.45, 2.75) is 12.6 Å². The summed E-state index contributed by atoms with van der Waals surface area (Å²) < 4.78 is 0. The van der Waals surface area contributed by atoms with Crippen LogP contribution in [0.3, 0.4) is 0 Å². The minimum Gasteiger partial charge on any atom is -0.318 e. The normalized spacial score (nSPS) is 14.3. The summed E-state index contributed by atoms with van der Waals surface area (Å²) in [6, 6.07) is 0. The van der Waals surface area contributed by atoms with E-state index >= 15 is 0 Å². The fraction of sp³-hybridized carbons (Fsp3) is 1.00. The van der Waals surface area contributed by atoms with E-state index in [1.165, 1.54) is 0 Å². The molecule has 0 fully saturated rings. The van der Waals surface area contributed by atoms with Gasteiger partial charge in [0.2, 0.25) is 0 Å². The highest BCUT2D eigenvalue weighted by Gasteiger charge is 2.00. The highest BCUT2D eigenvalue weighted by Crippen LogP contribution is 1.98. The van der Waals surface area contributed by atoms with Crippen molar-refractivity contribution in [1.82, 2.24) is 4.90 Å². The van der Waals surface area contributed by atoms with Crippen LogP contribution in [0.15, 0.2) is 0 Å². The molecule has 0 saturated heterocycles. The van der Waals surface area contributed by atoms with Gasteiger partial charge in [0.05, 0.1) is 0 Å². The fourth-order valence-electron chi connectivity index (χ4n) is 0.631. The quantitative estimate of drug-likeness (QED) is 0.414. The molecule has 56 valence electrons. The van der Waals surface area contributed by atoms with Gasteiger partial charge < -0.3 is 11.5 Å². The molecular weight excluding hydrogens is 133 g/mol. The molecule has 4 N–H and O–H groups in total. The van der Waals surface area contributed by atoms with E-state index in [0.29, 0.717) is 19.0 Å². The van der Waals surface area contributed by atoms with Gasteiger partial charge in [-0.25, -0.2) is 0 Å². The summed E-state index contributed by atoms with van der Waals surface area (Å²) in [6.07, 6.45) is 0. The minimum absolute atomic E-state index is 0.551. The molecule has 0 aromatic heterocycles. The maximum Gasteiger partial charge on any atom is 0.0467 e. The molecule has 9 heavy (non-hydrogen) atoms. The van der Waals surface area contributed by atoms with Crippen LogP contribution in [0.5, 0.6) is 0 Å². The molecule has 2 atom stereocenters. The van der Waals surface area contributed by atoms with Crippen molar-refractivity contribution in [3.8, 4) is 0 Å². The Morgan fingerprint density at radius 2 is 1.89 bits per heavy atom. The molecule has 0 aliphatic carbocycles. The van der Waals surface area contributed by atoms with Gasteiger partial charge in [-0.15, -0.1) is 9.24 Å². The zero-order valence-corrected chi connectivity index (χ0v) is 7.03. The number of hydrogen-bond acceptors (Lipinski definition) is 3. The number of nitrogens with zero attached hydrogens (tertiary/aromatic N) is 1. The van der Waals surface area contributed by atoms with E-state index in [0.717, 1.165) is 6.54 Å². The van der Waals surface area contributed by atoms with Crippen molar-refractivity contribution in [2.75, 3.05) is 19.9 Å². The molecular formula is C5H16N3P. The molecule has 0 spiro atoms. The summed E-state index contributed by atoms with van der Waals surface area (Å²) in [5.74, 6) is 0. The fourth-order valence-corrected chi connectivity index (χ4v) is 0.929. The van der Waals surface area contributed by atoms with Crippen molar-refractivity contribution in [1.29, 1.82) is 0 Å². The van der Waals surface area contributed by atoms with E-state index in [1.54, 1.807) is 0 Å². The molecule has 0 rings (SSSR count). The van der Waals surface area contributed by atoms with Gasteiger partial charge in [-0.1, -0.05) is 6.92 Å². The van der Waals surface area contributed by atoms with Gasteiger partial charge in [0.1, 0.15) is 0 Å². The van der Waals surface area contributed by atoms with Crippen molar-refractivity contribution >= 4 is 9.24 Å². The second-order valence-corrected chi connectivity index (χ2v) is 3.33. The van der Waals surface area contributed by atoms with Gasteiger partial charge in [0.25, 0.3) is 0 Å². The topological polar surface area (TPSA) is 55.3 Å². The van der Waals surface area contributed by atoms with Gasteiger partial charge in [-0.05, 0) is 5.66 Å². The third kappa shape index (κ3) is 4.79. The molecule has 0 heterocycles. The van der Waals surface area contributed by atoms with Crippen LogP contribution >= 0.6 is 9.24 Å². The number of rotatable bonds is 4. The summed E-state index contributed by atoms with van der Waals surface area (Å²) in [6.45, 7) is 4.17. The Morgan fingerprint density at radius 1 is 1.44 bits per heavy atom.